The zero-order chi connectivity index (χ0) is 22.3. The number of cyclic esters (lactones) is 1. The minimum Gasteiger partial charge on any atom is -0.459 e. The van der Waals surface area contributed by atoms with Crippen LogP contribution in [0.2, 0.25) is 0 Å². The van der Waals surface area contributed by atoms with Gasteiger partial charge in [-0.05, 0) is 31.3 Å². The first kappa shape index (κ1) is 22.7. The average Bonchev–Trinajstić information content (AvgIpc) is 2.94. The lowest BCUT2D eigenvalue weighted by atomic mass is 9.46. The van der Waals surface area contributed by atoms with Gasteiger partial charge in [-0.25, -0.2) is 9.59 Å². The van der Waals surface area contributed by atoms with E-state index >= 15 is 0 Å². The molecule has 3 unspecified atom stereocenters. The second-order valence-electron chi connectivity index (χ2n) is 9.59. The molecule has 0 bridgehead atoms. The van der Waals surface area contributed by atoms with Gasteiger partial charge in [0.1, 0.15) is 12.7 Å². The molecular weight excluding hydrogens is 388 g/mol. The molecule has 0 spiro atoms. The number of allylic oxidation sites excluding steroid dienone is 2. The predicted octanol–water partition coefficient (Wildman–Crippen LogP) is 1.81. The Bertz CT molecular complexity index is 793. The summed E-state index contributed by atoms with van der Waals surface area (Å²) >= 11 is 0. The SMILES string of the molecule is CC(O)C(O)/C=C/C=C/C(=O)OC1C=C2COC(=O)[C@]2(O)[C@@]2(C)CCCC(C)(C)[C@H]12. The molecule has 7 heteroatoms. The lowest BCUT2D eigenvalue weighted by Gasteiger charge is -2.59. The molecule has 7 nitrogen and oxygen atoms in total. The van der Waals surface area contributed by atoms with Crippen molar-refractivity contribution in [1.82, 2.24) is 0 Å². The summed E-state index contributed by atoms with van der Waals surface area (Å²) in [5.74, 6) is -1.44. The highest BCUT2D eigenvalue weighted by atomic mass is 16.6. The number of hydrogen-bond donors (Lipinski definition) is 3. The number of carbonyl (C=O) groups excluding carboxylic acids is 2. The molecule has 6 atom stereocenters. The fourth-order valence-electron chi connectivity index (χ4n) is 5.59. The maximum absolute atomic E-state index is 12.5. The van der Waals surface area contributed by atoms with Crippen molar-refractivity contribution < 1.29 is 34.4 Å². The van der Waals surface area contributed by atoms with Crippen LogP contribution in [0.3, 0.4) is 0 Å². The fraction of sp³-hybridized carbons (Fsp3) is 0.652. The summed E-state index contributed by atoms with van der Waals surface area (Å²) in [5.41, 5.74) is -2.29. The Balaban J connectivity index is 1.86. The van der Waals surface area contributed by atoms with E-state index in [9.17, 15) is 24.9 Å². The Hall–Kier alpha value is -1.96. The second-order valence-corrected chi connectivity index (χ2v) is 9.59. The molecule has 1 saturated heterocycles. The quantitative estimate of drug-likeness (QED) is 0.269. The van der Waals surface area contributed by atoms with Crippen molar-refractivity contribution in [2.75, 3.05) is 6.61 Å². The van der Waals surface area contributed by atoms with Crippen LogP contribution in [0.5, 0.6) is 0 Å². The van der Waals surface area contributed by atoms with Gasteiger partial charge in [0.15, 0.2) is 5.60 Å². The third kappa shape index (κ3) is 3.63. The molecule has 0 aromatic heterocycles. The predicted molar refractivity (Wildman–Crippen MR) is 109 cm³/mol. The van der Waals surface area contributed by atoms with Crippen LogP contribution in [0.4, 0.5) is 0 Å². The van der Waals surface area contributed by atoms with Crippen LogP contribution < -0.4 is 0 Å². The summed E-state index contributed by atoms with van der Waals surface area (Å²) in [6.07, 6.45) is 7.07. The molecule has 0 aromatic rings. The molecule has 2 aliphatic carbocycles. The van der Waals surface area contributed by atoms with Crippen LogP contribution in [0.1, 0.15) is 47.0 Å². The number of aliphatic hydroxyl groups excluding tert-OH is 2. The third-order valence-electron chi connectivity index (χ3n) is 7.08. The molecule has 1 saturated carbocycles. The normalized spacial score (nSPS) is 37.3. The first-order chi connectivity index (χ1) is 13.9. The van der Waals surface area contributed by atoms with Crippen molar-refractivity contribution in [1.29, 1.82) is 0 Å². The maximum Gasteiger partial charge on any atom is 0.343 e. The van der Waals surface area contributed by atoms with Crippen LogP contribution >= 0.6 is 0 Å². The first-order valence-electron chi connectivity index (χ1n) is 10.5. The Morgan fingerprint density at radius 3 is 2.63 bits per heavy atom. The molecule has 3 rings (SSSR count). The number of rotatable bonds is 5. The molecule has 166 valence electrons. The standard InChI is InChI=1S/C23H32O7/c1-14(24)16(25)8-5-6-9-18(26)30-17-12-15-13-29-20(27)23(15,28)22(4)11-7-10-21(2,3)19(17)22/h5-6,8-9,12,14,16-17,19,24-25,28H,7,10-11,13H2,1-4H3/b8-5+,9-6+/t14?,16?,17?,19-,22-,23-/m0/s1. The van der Waals surface area contributed by atoms with Crippen LogP contribution in [0.25, 0.3) is 0 Å². The van der Waals surface area contributed by atoms with Gasteiger partial charge in [-0.2, -0.15) is 0 Å². The Labute approximate surface area is 177 Å². The number of esters is 2. The summed E-state index contributed by atoms with van der Waals surface area (Å²) in [6, 6.07) is 0. The smallest absolute Gasteiger partial charge is 0.343 e. The minimum absolute atomic E-state index is 0.00192. The molecular formula is C23H32O7. The molecule has 0 aromatic carbocycles. The average molecular weight is 421 g/mol. The van der Waals surface area contributed by atoms with Crippen molar-refractivity contribution in [3.8, 4) is 0 Å². The van der Waals surface area contributed by atoms with E-state index in [1.165, 1.54) is 31.2 Å². The van der Waals surface area contributed by atoms with E-state index in [2.05, 4.69) is 13.8 Å². The van der Waals surface area contributed by atoms with Gasteiger partial charge in [0.25, 0.3) is 0 Å². The minimum atomic E-state index is -1.69. The summed E-state index contributed by atoms with van der Waals surface area (Å²) in [5, 5.41) is 30.2. The number of aliphatic hydroxyl groups is 3. The van der Waals surface area contributed by atoms with E-state index in [1.807, 2.05) is 6.92 Å². The van der Waals surface area contributed by atoms with Gasteiger partial charge in [-0.1, -0.05) is 45.4 Å². The number of carbonyl (C=O) groups is 2. The Kier molecular flexibility index (Phi) is 6.02. The molecule has 0 radical (unpaired) electrons. The zero-order valence-electron chi connectivity index (χ0n) is 18.0. The van der Waals surface area contributed by atoms with Gasteiger partial charge in [0, 0.05) is 23.0 Å². The zero-order valence-corrected chi connectivity index (χ0v) is 18.0. The third-order valence-corrected chi connectivity index (χ3v) is 7.08. The van der Waals surface area contributed by atoms with E-state index in [-0.39, 0.29) is 17.9 Å². The van der Waals surface area contributed by atoms with E-state index < -0.39 is 41.3 Å². The summed E-state index contributed by atoms with van der Waals surface area (Å²) < 4.78 is 11.0. The van der Waals surface area contributed by atoms with E-state index in [0.29, 0.717) is 12.0 Å². The van der Waals surface area contributed by atoms with E-state index in [1.54, 1.807) is 6.08 Å². The van der Waals surface area contributed by atoms with E-state index in [0.717, 1.165) is 12.8 Å². The Morgan fingerprint density at radius 1 is 1.27 bits per heavy atom. The van der Waals surface area contributed by atoms with Crippen molar-refractivity contribution in [3.63, 3.8) is 0 Å². The van der Waals surface area contributed by atoms with Crippen LogP contribution in [0.15, 0.2) is 36.0 Å². The fourth-order valence-corrected chi connectivity index (χ4v) is 5.59. The van der Waals surface area contributed by atoms with Gasteiger partial charge < -0.3 is 24.8 Å². The lowest BCUT2D eigenvalue weighted by molar-refractivity contribution is -0.194. The first-order valence-corrected chi connectivity index (χ1v) is 10.5. The van der Waals surface area contributed by atoms with Crippen molar-refractivity contribution >= 4 is 11.9 Å². The van der Waals surface area contributed by atoms with E-state index in [4.69, 9.17) is 9.47 Å². The number of hydrogen-bond acceptors (Lipinski definition) is 7. The highest BCUT2D eigenvalue weighted by molar-refractivity contribution is 5.88. The second kappa shape index (κ2) is 7.94. The van der Waals surface area contributed by atoms with Crippen LogP contribution in [-0.4, -0.2) is 57.8 Å². The van der Waals surface area contributed by atoms with Gasteiger partial charge in [0.2, 0.25) is 0 Å². The number of ether oxygens (including phenoxy) is 2. The molecule has 3 N–H and O–H groups in total. The summed E-state index contributed by atoms with van der Waals surface area (Å²) in [7, 11) is 0. The molecule has 1 aliphatic heterocycles. The van der Waals surface area contributed by atoms with Gasteiger partial charge in [-0.15, -0.1) is 0 Å². The largest absolute Gasteiger partial charge is 0.459 e. The van der Waals surface area contributed by atoms with Gasteiger partial charge >= 0.3 is 11.9 Å². The van der Waals surface area contributed by atoms with Crippen LogP contribution in [-0.2, 0) is 19.1 Å². The molecule has 2 fully saturated rings. The van der Waals surface area contributed by atoms with Gasteiger partial charge in [-0.3, -0.25) is 0 Å². The van der Waals surface area contributed by atoms with Crippen molar-refractivity contribution in [3.05, 3.63) is 36.0 Å². The highest BCUT2D eigenvalue weighted by Crippen LogP contribution is 2.63. The van der Waals surface area contributed by atoms with Crippen LogP contribution in [0, 0.1) is 16.7 Å². The molecule has 0 amide bonds. The highest BCUT2D eigenvalue weighted by Gasteiger charge is 2.69. The topological polar surface area (TPSA) is 113 Å². The monoisotopic (exact) mass is 420 g/mol. The maximum atomic E-state index is 12.5. The summed E-state index contributed by atoms with van der Waals surface area (Å²) in [4.78, 5) is 25.0. The number of fused-ring (bicyclic) bond motifs is 3. The van der Waals surface area contributed by atoms with Gasteiger partial charge in [0.05, 0.1) is 12.2 Å². The molecule has 1 heterocycles. The summed E-state index contributed by atoms with van der Waals surface area (Å²) in [6.45, 7) is 7.52. The molecule has 3 aliphatic rings. The lowest BCUT2D eigenvalue weighted by Crippen LogP contribution is -2.65. The molecule has 30 heavy (non-hydrogen) atoms. The van der Waals surface area contributed by atoms with Crippen molar-refractivity contribution in [2.24, 2.45) is 16.7 Å². The van der Waals surface area contributed by atoms with Crippen molar-refractivity contribution in [2.45, 2.75) is 70.9 Å². The Morgan fingerprint density at radius 2 is 1.97 bits per heavy atom.